The van der Waals surface area contributed by atoms with Gasteiger partial charge < -0.3 is 15.2 Å². The quantitative estimate of drug-likeness (QED) is 0.672. The molecule has 2 aromatic rings. The Bertz CT molecular complexity index is 751. The zero-order valence-electron chi connectivity index (χ0n) is 15.4. The zero-order valence-corrected chi connectivity index (χ0v) is 15.4. The van der Waals surface area contributed by atoms with Crippen LogP contribution in [-0.2, 0) is 18.4 Å². The average Bonchev–Trinajstić information content (AvgIpc) is 3.00. The molecule has 0 atom stereocenters. The van der Waals surface area contributed by atoms with E-state index in [9.17, 15) is 9.59 Å². The van der Waals surface area contributed by atoms with Gasteiger partial charge in [-0.25, -0.2) is 0 Å². The van der Waals surface area contributed by atoms with Gasteiger partial charge >= 0.3 is 5.97 Å². The van der Waals surface area contributed by atoms with Crippen LogP contribution in [-0.4, -0.2) is 33.4 Å². The highest BCUT2D eigenvalue weighted by molar-refractivity contribution is 5.95. The van der Waals surface area contributed by atoms with Gasteiger partial charge in [0.25, 0.3) is 5.91 Å². The minimum atomic E-state index is -0.825. The topological polar surface area (TPSA) is 93.5 Å². The third kappa shape index (κ3) is 5.61. The van der Waals surface area contributed by atoms with E-state index in [1.54, 1.807) is 17.9 Å². The van der Waals surface area contributed by atoms with Crippen LogP contribution in [0.4, 0.5) is 0 Å². The second-order valence-electron chi connectivity index (χ2n) is 6.43. The SMILES string of the molecule is CC(C)c1nn(C)cc1C(=O)NCc1ccc(OCCCC(=O)O)cc1. The monoisotopic (exact) mass is 359 g/mol. The summed E-state index contributed by atoms with van der Waals surface area (Å²) in [7, 11) is 1.80. The van der Waals surface area contributed by atoms with Crippen LogP contribution in [0.2, 0.25) is 0 Å². The van der Waals surface area contributed by atoms with Crippen LogP contribution >= 0.6 is 0 Å². The van der Waals surface area contributed by atoms with Crippen molar-refractivity contribution in [2.75, 3.05) is 6.61 Å². The van der Waals surface area contributed by atoms with E-state index in [0.29, 0.717) is 30.9 Å². The van der Waals surface area contributed by atoms with Gasteiger partial charge in [-0.2, -0.15) is 5.10 Å². The number of nitrogens with zero attached hydrogens (tertiary/aromatic N) is 2. The van der Waals surface area contributed by atoms with Crippen molar-refractivity contribution in [1.29, 1.82) is 0 Å². The van der Waals surface area contributed by atoms with Gasteiger partial charge in [0.15, 0.2) is 0 Å². The molecule has 0 bridgehead atoms. The molecular weight excluding hydrogens is 334 g/mol. The van der Waals surface area contributed by atoms with Crippen molar-refractivity contribution in [2.24, 2.45) is 7.05 Å². The maximum absolute atomic E-state index is 12.4. The molecule has 0 fully saturated rings. The summed E-state index contributed by atoms with van der Waals surface area (Å²) in [5.74, 6) is -0.112. The van der Waals surface area contributed by atoms with Gasteiger partial charge in [-0.15, -0.1) is 0 Å². The van der Waals surface area contributed by atoms with E-state index in [-0.39, 0.29) is 18.2 Å². The summed E-state index contributed by atoms with van der Waals surface area (Å²) >= 11 is 0. The lowest BCUT2D eigenvalue weighted by molar-refractivity contribution is -0.137. The molecule has 26 heavy (non-hydrogen) atoms. The van der Waals surface area contributed by atoms with Gasteiger partial charge in [0, 0.05) is 26.2 Å². The highest BCUT2D eigenvalue weighted by Crippen LogP contribution is 2.17. The maximum Gasteiger partial charge on any atom is 0.303 e. The molecule has 1 amide bonds. The fourth-order valence-electron chi connectivity index (χ4n) is 2.50. The number of carboxylic acids is 1. The highest BCUT2D eigenvalue weighted by Gasteiger charge is 2.17. The third-order valence-electron chi connectivity index (χ3n) is 3.83. The lowest BCUT2D eigenvalue weighted by Crippen LogP contribution is -2.23. The largest absolute Gasteiger partial charge is 0.494 e. The summed E-state index contributed by atoms with van der Waals surface area (Å²) in [6.07, 6.45) is 2.30. The molecule has 1 heterocycles. The molecule has 2 N–H and O–H groups in total. The van der Waals surface area contributed by atoms with Gasteiger partial charge in [0.05, 0.1) is 17.9 Å². The van der Waals surface area contributed by atoms with E-state index in [2.05, 4.69) is 10.4 Å². The van der Waals surface area contributed by atoms with E-state index in [0.717, 1.165) is 11.3 Å². The highest BCUT2D eigenvalue weighted by atomic mass is 16.5. The Morgan fingerprint density at radius 3 is 2.58 bits per heavy atom. The number of hydrogen-bond acceptors (Lipinski definition) is 4. The number of benzene rings is 1. The number of aliphatic carboxylic acids is 1. The normalized spacial score (nSPS) is 10.8. The van der Waals surface area contributed by atoms with Crippen LogP contribution in [0.1, 0.15) is 54.2 Å². The Kier molecular flexibility index (Phi) is 6.77. The number of aromatic nitrogens is 2. The number of aryl methyl sites for hydroxylation is 1. The zero-order chi connectivity index (χ0) is 19.1. The summed E-state index contributed by atoms with van der Waals surface area (Å²) in [4.78, 5) is 22.9. The fraction of sp³-hybridized carbons (Fsp3) is 0.421. The molecule has 1 aromatic carbocycles. The van der Waals surface area contributed by atoms with Crippen LogP contribution in [0.15, 0.2) is 30.5 Å². The summed E-state index contributed by atoms with van der Waals surface area (Å²) < 4.78 is 7.14. The number of nitrogens with one attached hydrogen (secondary N) is 1. The van der Waals surface area contributed by atoms with Crippen molar-refractivity contribution in [3.8, 4) is 5.75 Å². The van der Waals surface area contributed by atoms with Crippen molar-refractivity contribution >= 4 is 11.9 Å². The van der Waals surface area contributed by atoms with Crippen molar-refractivity contribution in [3.05, 3.63) is 47.3 Å². The van der Waals surface area contributed by atoms with Gasteiger partial charge in [-0.05, 0) is 30.0 Å². The summed E-state index contributed by atoms with van der Waals surface area (Å²) in [5.41, 5.74) is 2.34. The number of amides is 1. The number of carbonyl (C=O) groups excluding carboxylic acids is 1. The molecule has 2 rings (SSSR count). The molecule has 140 valence electrons. The van der Waals surface area contributed by atoms with Gasteiger partial charge in [0.1, 0.15) is 5.75 Å². The molecule has 7 heteroatoms. The van der Waals surface area contributed by atoms with Crippen molar-refractivity contribution in [2.45, 2.75) is 39.2 Å². The average molecular weight is 359 g/mol. The molecule has 0 unspecified atom stereocenters. The van der Waals surface area contributed by atoms with E-state index < -0.39 is 5.97 Å². The predicted molar refractivity (Wildman–Crippen MR) is 97.3 cm³/mol. The van der Waals surface area contributed by atoms with Crippen LogP contribution in [0.5, 0.6) is 5.75 Å². The molecule has 0 saturated carbocycles. The lowest BCUT2D eigenvalue weighted by Gasteiger charge is -2.09. The van der Waals surface area contributed by atoms with E-state index >= 15 is 0 Å². The lowest BCUT2D eigenvalue weighted by atomic mass is 10.1. The molecule has 0 spiro atoms. The Morgan fingerprint density at radius 1 is 1.27 bits per heavy atom. The minimum absolute atomic E-state index is 0.0941. The van der Waals surface area contributed by atoms with E-state index in [1.165, 1.54) is 0 Å². The second kappa shape index (κ2) is 9.03. The Balaban J connectivity index is 1.86. The van der Waals surface area contributed by atoms with Crippen LogP contribution in [0.3, 0.4) is 0 Å². The summed E-state index contributed by atoms with van der Waals surface area (Å²) in [6, 6.07) is 7.37. The molecule has 1 aromatic heterocycles. The first-order valence-corrected chi connectivity index (χ1v) is 8.62. The van der Waals surface area contributed by atoms with E-state index in [4.69, 9.17) is 9.84 Å². The maximum atomic E-state index is 12.4. The first-order valence-electron chi connectivity index (χ1n) is 8.62. The minimum Gasteiger partial charge on any atom is -0.494 e. The van der Waals surface area contributed by atoms with Crippen molar-refractivity contribution in [1.82, 2.24) is 15.1 Å². The van der Waals surface area contributed by atoms with Gasteiger partial charge in [0.2, 0.25) is 0 Å². The third-order valence-corrected chi connectivity index (χ3v) is 3.83. The van der Waals surface area contributed by atoms with Crippen molar-refractivity contribution < 1.29 is 19.4 Å². The number of ether oxygens (including phenoxy) is 1. The smallest absolute Gasteiger partial charge is 0.303 e. The van der Waals surface area contributed by atoms with E-state index in [1.807, 2.05) is 38.1 Å². The number of rotatable bonds is 9. The molecule has 0 saturated heterocycles. The molecule has 0 radical (unpaired) electrons. The van der Waals surface area contributed by atoms with Gasteiger partial charge in [-0.3, -0.25) is 14.3 Å². The summed E-state index contributed by atoms with van der Waals surface area (Å²) in [5, 5.41) is 15.8. The van der Waals surface area contributed by atoms with Crippen LogP contribution in [0.25, 0.3) is 0 Å². The number of carboxylic acid groups (broad SMARTS) is 1. The first-order chi connectivity index (χ1) is 12.4. The number of hydrogen-bond donors (Lipinski definition) is 2. The van der Waals surface area contributed by atoms with Crippen LogP contribution in [0, 0.1) is 0 Å². The standard InChI is InChI=1S/C19H25N3O4/c1-13(2)18-16(12-22(3)21-18)19(25)20-11-14-6-8-15(9-7-14)26-10-4-5-17(23)24/h6-9,12-13H,4-5,10-11H2,1-3H3,(H,20,25)(H,23,24). The molecule has 7 nitrogen and oxygen atoms in total. The fourth-order valence-corrected chi connectivity index (χ4v) is 2.50. The number of carbonyl (C=O) groups is 2. The summed E-state index contributed by atoms with van der Waals surface area (Å²) in [6.45, 7) is 4.79. The molecular formula is C19H25N3O4. The predicted octanol–water partition coefficient (Wildman–Crippen LogP) is 2.72. The first kappa shape index (κ1) is 19.5. The Hall–Kier alpha value is -2.83. The van der Waals surface area contributed by atoms with Crippen molar-refractivity contribution in [3.63, 3.8) is 0 Å². The Morgan fingerprint density at radius 2 is 1.96 bits per heavy atom. The van der Waals surface area contributed by atoms with Gasteiger partial charge in [-0.1, -0.05) is 26.0 Å². The van der Waals surface area contributed by atoms with Crippen LogP contribution < -0.4 is 10.1 Å². The Labute approximate surface area is 153 Å². The molecule has 0 aliphatic rings. The second-order valence-corrected chi connectivity index (χ2v) is 6.43. The molecule has 0 aliphatic heterocycles. The molecule has 0 aliphatic carbocycles.